The zero-order valence-corrected chi connectivity index (χ0v) is 15.7. The molecule has 1 aliphatic rings. The summed E-state index contributed by atoms with van der Waals surface area (Å²) in [5.41, 5.74) is 0.518. The lowest BCUT2D eigenvalue weighted by atomic mass is 10.1. The number of hydrogen-bond donors (Lipinski definition) is 0. The molecule has 0 bridgehead atoms. The van der Waals surface area contributed by atoms with E-state index in [2.05, 4.69) is 23.6 Å². The number of imide groups is 1. The van der Waals surface area contributed by atoms with E-state index in [1.54, 1.807) is 18.2 Å². The van der Waals surface area contributed by atoms with Crippen molar-refractivity contribution < 1.29 is 24.3 Å². The SMILES string of the molecule is CCCN(CCC)CCOc1ccc2c(c1)C(=O)N(CCO[N+](=O)[O-])C2=O. The molecule has 1 aromatic rings. The molecule has 0 atom stereocenters. The predicted molar refractivity (Wildman–Crippen MR) is 97.3 cm³/mol. The van der Waals surface area contributed by atoms with Gasteiger partial charge >= 0.3 is 0 Å². The Kier molecular flexibility index (Phi) is 7.54. The van der Waals surface area contributed by atoms with Gasteiger partial charge in [0.2, 0.25) is 0 Å². The Balaban J connectivity index is 1.95. The monoisotopic (exact) mass is 379 g/mol. The Morgan fingerprint density at radius 1 is 1.04 bits per heavy atom. The van der Waals surface area contributed by atoms with Crippen LogP contribution in [0, 0.1) is 10.1 Å². The van der Waals surface area contributed by atoms with E-state index in [9.17, 15) is 19.7 Å². The molecule has 0 N–H and O–H groups in total. The lowest BCUT2D eigenvalue weighted by Crippen LogP contribution is -2.33. The molecule has 0 aliphatic carbocycles. The number of carbonyl (C=O) groups excluding carboxylic acids is 2. The Morgan fingerprint density at radius 2 is 1.70 bits per heavy atom. The van der Waals surface area contributed by atoms with Crippen LogP contribution in [-0.2, 0) is 4.84 Å². The van der Waals surface area contributed by atoms with Crippen LogP contribution >= 0.6 is 0 Å². The van der Waals surface area contributed by atoms with E-state index in [0.717, 1.165) is 37.4 Å². The van der Waals surface area contributed by atoms with Crippen molar-refractivity contribution >= 4 is 11.8 Å². The van der Waals surface area contributed by atoms with Crippen molar-refractivity contribution in [2.75, 3.05) is 39.4 Å². The summed E-state index contributed by atoms with van der Waals surface area (Å²) in [7, 11) is 0. The van der Waals surface area contributed by atoms with Gasteiger partial charge in [0.15, 0.2) is 0 Å². The van der Waals surface area contributed by atoms with Crippen LogP contribution in [0.3, 0.4) is 0 Å². The molecule has 2 amide bonds. The normalized spacial score (nSPS) is 13.2. The van der Waals surface area contributed by atoms with E-state index in [1.807, 2.05) is 0 Å². The van der Waals surface area contributed by atoms with E-state index in [0.29, 0.717) is 12.4 Å². The molecule has 2 rings (SSSR count). The molecule has 0 fully saturated rings. The third-order valence-corrected chi connectivity index (χ3v) is 4.21. The molecular weight excluding hydrogens is 354 g/mol. The molecule has 9 nitrogen and oxygen atoms in total. The van der Waals surface area contributed by atoms with Crippen LogP contribution in [0.2, 0.25) is 0 Å². The minimum Gasteiger partial charge on any atom is -0.492 e. The largest absolute Gasteiger partial charge is 0.492 e. The van der Waals surface area contributed by atoms with Crippen LogP contribution in [0.1, 0.15) is 47.4 Å². The first-order valence-electron chi connectivity index (χ1n) is 9.10. The molecule has 0 saturated heterocycles. The lowest BCUT2D eigenvalue weighted by molar-refractivity contribution is -0.757. The highest BCUT2D eigenvalue weighted by atomic mass is 16.9. The number of ether oxygens (including phenoxy) is 1. The second-order valence-electron chi connectivity index (χ2n) is 6.22. The van der Waals surface area contributed by atoms with Crippen molar-refractivity contribution in [3.63, 3.8) is 0 Å². The standard InChI is InChI=1S/C18H25N3O6/c1-3-7-19(8-4-2)9-11-26-14-5-6-15-16(13-14)18(23)20(17(15)22)10-12-27-21(24)25/h5-6,13H,3-4,7-12H2,1-2H3. The summed E-state index contributed by atoms with van der Waals surface area (Å²) in [5, 5.41) is 9.25. The second-order valence-corrected chi connectivity index (χ2v) is 6.22. The quantitative estimate of drug-likeness (QED) is 0.311. The molecule has 0 spiro atoms. The number of amides is 2. The minimum atomic E-state index is -0.954. The van der Waals surface area contributed by atoms with Crippen molar-refractivity contribution in [3.05, 3.63) is 39.4 Å². The third kappa shape index (κ3) is 5.40. The highest BCUT2D eigenvalue weighted by molar-refractivity contribution is 6.21. The van der Waals surface area contributed by atoms with Gasteiger partial charge in [0.25, 0.3) is 16.9 Å². The first kappa shape index (κ1) is 20.6. The molecular formula is C18H25N3O6. The zero-order chi connectivity index (χ0) is 19.8. The summed E-state index contributed by atoms with van der Waals surface area (Å²) in [4.78, 5) is 42.3. The van der Waals surface area contributed by atoms with Crippen molar-refractivity contribution in [1.29, 1.82) is 0 Å². The average Bonchev–Trinajstić information content (AvgIpc) is 2.86. The molecule has 1 aromatic carbocycles. The first-order chi connectivity index (χ1) is 13.0. The average molecular weight is 379 g/mol. The van der Waals surface area contributed by atoms with Gasteiger partial charge in [-0.15, -0.1) is 10.1 Å². The van der Waals surface area contributed by atoms with Gasteiger partial charge < -0.3 is 9.57 Å². The molecule has 148 valence electrons. The second kappa shape index (κ2) is 9.86. The summed E-state index contributed by atoms with van der Waals surface area (Å²) in [6.45, 7) is 7.03. The predicted octanol–water partition coefficient (Wildman–Crippen LogP) is 1.99. The number of carbonyl (C=O) groups is 2. The third-order valence-electron chi connectivity index (χ3n) is 4.21. The minimum absolute atomic E-state index is 0.174. The maximum atomic E-state index is 12.4. The van der Waals surface area contributed by atoms with E-state index >= 15 is 0 Å². The van der Waals surface area contributed by atoms with E-state index in [-0.39, 0.29) is 24.3 Å². The van der Waals surface area contributed by atoms with E-state index < -0.39 is 16.9 Å². The molecule has 0 unspecified atom stereocenters. The maximum absolute atomic E-state index is 12.4. The summed E-state index contributed by atoms with van der Waals surface area (Å²) in [6, 6.07) is 4.76. The van der Waals surface area contributed by atoms with Gasteiger partial charge in [0.05, 0.1) is 17.7 Å². The van der Waals surface area contributed by atoms with Crippen LogP contribution in [0.15, 0.2) is 18.2 Å². The molecule has 9 heteroatoms. The van der Waals surface area contributed by atoms with Gasteiger partial charge in [0.1, 0.15) is 19.0 Å². The van der Waals surface area contributed by atoms with Crippen LogP contribution in [0.25, 0.3) is 0 Å². The molecule has 0 aromatic heterocycles. The topological polar surface area (TPSA) is 102 Å². The Bertz CT molecular complexity index is 688. The van der Waals surface area contributed by atoms with Crippen LogP contribution < -0.4 is 4.74 Å². The summed E-state index contributed by atoms with van der Waals surface area (Å²) in [6.07, 6.45) is 2.15. The fourth-order valence-corrected chi connectivity index (χ4v) is 3.03. The van der Waals surface area contributed by atoms with Crippen molar-refractivity contribution in [2.45, 2.75) is 26.7 Å². The Hall–Kier alpha value is -2.68. The number of rotatable bonds is 12. The molecule has 0 saturated carbocycles. The lowest BCUT2D eigenvalue weighted by Gasteiger charge is -2.20. The van der Waals surface area contributed by atoms with Crippen LogP contribution in [0.4, 0.5) is 0 Å². The Morgan fingerprint density at radius 3 is 2.33 bits per heavy atom. The molecule has 27 heavy (non-hydrogen) atoms. The van der Waals surface area contributed by atoms with Crippen molar-refractivity contribution in [2.24, 2.45) is 0 Å². The van der Waals surface area contributed by atoms with Crippen molar-refractivity contribution in [1.82, 2.24) is 9.80 Å². The van der Waals surface area contributed by atoms with E-state index in [1.165, 1.54) is 0 Å². The zero-order valence-electron chi connectivity index (χ0n) is 15.7. The smallest absolute Gasteiger partial charge is 0.294 e. The van der Waals surface area contributed by atoms with E-state index in [4.69, 9.17) is 4.74 Å². The number of benzene rings is 1. The van der Waals surface area contributed by atoms with Crippen LogP contribution in [-0.4, -0.2) is 66.1 Å². The number of hydrogen-bond acceptors (Lipinski definition) is 7. The summed E-state index contributed by atoms with van der Waals surface area (Å²) >= 11 is 0. The highest BCUT2D eigenvalue weighted by Gasteiger charge is 2.35. The van der Waals surface area contributed by atoms with Gasteiger partial charge in [-0.2, -0.15) is 0 Å². The molecule has 1 heterocycles. The summed E-state index contributed by atoms with van der Waals surface area (Å²) in [5.74, 6) is -0.456. The fourth-order valence-electron chi connectivity index (χ4n) is 3.03. The van der Waals surface area contributed by atoms with Crippen LogP contribution in [0.5, 0.6) is 5.75 Å². The van der Waals surface area contributed by atoms with Gasteiger partial charge in [-0.1, -0.05) is 13.8 Å². The summed E-state index contributed by atoms with van der Waals surface area (Å²) < 4.78 is 5.75. The number of nitrogens with zero attached hydrogens (tertiary/aromatic N) is 3. The van der Waals surface area contributed by atoms with Gasteiger partial charge in [-0.3, -0.25) is 19.4 Å². The molecule has 1 aliphatic heterocycles. The fraction of sp³-hybridized carbons (Fsp3) is 0.556. The molecule has 0 radical (unpaired) electrons. The maximum Gasteiger partial charge on any atom is 0.294 e. The first-order valence-corrected chi connectivity index (χ1v) is 9.10. The van der Waals surface area contributed by atoms with Gasteiger partial charge in [-0.25, -0.2) is 0 Å². The van der Waals surface area contributed by atoms with Crippen molar-refractivity contribution in [3.8, 4) is 5.75 Å². The van der Waals surface area contributed by atoms with Gasteiger partial charge in [0, 0.05) is 6.54 Å². The highest BCUT2D eigenvalue weighted by Crippen LogP contribution is 2.26. The van der Waals surface area contributed by atoms with Gasteiger partial charge in [-0.05, 0) is 44.1 Å². The Labute approximate surface area is 157 Å². The number of fused-ring (bicyclic) bond motifs is 1.